The summed E-state index contributed by atoms with van der Waals surface area (Å²) >= 11 is 0. The molecule has 94 valence electrons. The van der Waals surface area contributed by atoms with Crippen LogP contribution in [-0.4, -0.2) is 24.1 Å². The van der Waals surface area contributed by atoms with Crippen LogP contribution in [0.25, 0.3) is 0 Å². The summed E-state index contributed by atoms with van der Waals surface area (Å²) in [7, 11) is 0. The lowest BCUT2D eigenvalue weighted by molar-refractivity contribution is -0.384. The molecule has 6 heteroatoms. The number of hydrogen-bond acceptors (Lipinski definition) is 5. The maximum Gasteiger partial charge on any atom is 0.309 e. The molecule has 1 fully saturated rings. The molecule has 0 aliphatic carbocycles. The number of nitrogens with one attached hydrogen (secondary N) is 2. The Kier molecular flexibility index (Phi) is 3.75. The maximum absolute atomic E-state index is 11.0. The van der Waals surface area contributed by atoms with Crippen molar-refractivity contribution in [2.24, 2.45) is 0 Å². The van der Waals surface area contributed by atoms with Crippen LogP contribution in [0.1, 0.15) is 18.4 Å². The first-order chi connectivity index (χ1) is 8.72. The summed E-state index contributed by atoms with van der Waals surface area (Å²) in [5, 5.41) is 26.3. The number of benzene rings is 1. The van der Waals surface area contributed by atoms with Gasteiger partial charge in [-0.25, -0.2) is 0 Å². The summed E-state index contributed by atoms with van der Waals surface area (Å²) in [6.07, 6.45) is 2.02. The molecule has 1 aromatic carbocycles. The number of nitrogens with zero attached hydrogens (tertiary/aromatic N) is 2. The van der Waals surface area contributed by atoms with Crippen LogP contribution in [-0.2, 0) is 0 Å². The van der Waals surface area contributed by atoms with E-state index >= 15 is 0 Å². The highest BCUT2D eigenvalue weighted by Crippen LogP contribution is 2.29. The van der Waals surface area contributed by atoms with Gasteiger partial charge in [-0.3, -0.25) is 10.1 Å². The number of hydrogen-bond donors (Lipinski definition) is 2. The zero-order valence-corrected chi connectivity index (χ0v) is 9.85. The molecule has 1 heterocycles. The third kappa shape index (κ3) is 2.57. The quantitative estimate of drug-likeness (QED) is 0.624. The van der Waals surface area contributed by atoms with Gasteiger partial charge < -0.3 is 10.6 Å². The Bertz CT molecular complexity index is 489. The van der Waals surface area contributed by atoms with Crippen LogP contribution in [0.4, 0.5) is 11.4 Å². The molecule has 1 aliphatic heterocycles. The highest BCUT2D eigenvalue weighted by molar-refractivity contribution is 5.68. The molecule has 1 aromatic rings. The second-order valence-electron chi connectivity index (χ2n) is 4.26. The molecule has 1 atom stereocenters. The van der Waals surface area contributed by atoms with Crippen molar-refractivity contribution in [3.05, 3.63) is 33.9 Å². The Hall–Kier alpha value is -2.13. The van der Waals surface area contributed by atoms with Crippen molar-refractivity contribution in [3.63, 3.8) is 0 Å². The molecule has 0 bridgehead atoms. The molecular formula is C12H14N4O2. The molecule has 18 heavy (non-hydrogen) atoms. The average molecular weight is 246 g/mol. The monoisotopic (exact) mass is 246 g/mol. The van der Waals surface area contributed by atoms with Crippen LogP contribution >= 0.6 is 0 Å². The lowest BCUT2D eigenvalue weighted by Gasteiger charge is -2.24. The van der Waals surface area contributed by atoms with Crippen molar-refractivity contribution in [3.8, 4) is 6.07 Å². The van der Waals surface area contributed by atoms with Gasteiger partial charge in [0.1, 0.15) is 17.3 Å². The van der Waals surface area contributed by atoms with Crippen LogP contribution in [0.3, 0.4) is 0 Å². The number of para-hydroxylation sites is 1. The zero-order chi connectivity index (χ0) is 13.0. The number of nitro groups is 1. The Balaban J connectivity index is 2.26. The minimum absolute atomic E-state index is 0.0915. The summed E-state index contributed by atoms with van der Waals surface area (Å²) < 4.78 is 0. The first-order valence-electron chi connectivity index (χ1n) is 5.87. The van der Waals surface area contributed by atoms with Crippen LogP contribution < -0.4 is 10.6 Å². The van der Waals surface area contributed by atoms with Gasteiger partial charge in [-0.1, -0.05) is 6.07 Å². The van der Waals surface area contributed by atoms with Gasteiger partial charge in [0.2, 0.25) is 0 Å². The molecule has 6 nitrogen and oxygen atoms in total. The first kappa shape index (κ1) is 12.3. The normalized spacial score (nSPS) is 18.9. The summed E-state index contributed by atoms with van der Waals surface area (Å²) in [5.74, 6) is 0. The molecular weight excluding hydrogens is 232 g/mol. The highest BCUT2D eigenvalue weighted by Gasteiger charge is 2.22. The van der Waals surface area contributed by atoms with E-state index in [4.69, 9.17) is 5.26 Å². The molecule has 0 radical (unpaired) electrons. The number of anilines is 1. The molecule has 2 rings (SSSR count). The van der Waals surface area contributed by atoms with Crippen LogP contribution in [0.15, 0.2) is 18.2 Å². The van der Waals surface area contributed by atoms with E-state index < -0.39 is 4.92 Å². The van der Waals surface area contributed by atoms with Gasteiger partial charge in [0.15, 0.2) is 0 Å². The second-order valence-corrected chi connectivity index (χ2v) is 4.26. The van der Waals surface area contributed by atoms with Crippen molar-refractivity contribution in [1.29, 1.82) is 5.26 Å². The first-order valence-corrected chi connectivity index (χ1v) is 5.87. The number of nitro benzene ring substituents is 1. The van der Waals surface area contributed by atoms with E-state index in [1.165, 1.54) is 6.07 Å². The predicted molar refractivity (Wildman–Crippen MR) is 67.3 cm³/mol. The summed E-state index contributed by atoms with van der Waals surface area (Å²) in [6, 6.07) is 6.79. The molecule has 0 aromatic heterocycles. The van der Waals surface area contributed by atoms with E-state index in [-0.39, 0.29) is 17.3 Å². The average Bonchev–Trinajstić information content (AvgIpc) is 2.39. The second kappa shape index (κ2) is 5.47. The Morgan fingerprint density at radius 1 is 1.56 bits per heavy atom. The molecule has 1 aliphatic rings. The van der Waals surface area contributed by atoms with Gasteiger partial charge in [-0.05, 0) is 31.5 Å². The maximum atomic E-state index is 11.0. The van der Waals surface area contributed by atoms with Crippen LogP contribution in [0.2, 0.25) is 0 Å². The smallest absolute Gasteiger partial charge is 0.309 e. The van der Waals surface area contributed by atoms with Gasteiger partial charge in [-0.15, -0.1) is 0 Å². The summed E-state index contributed by atoms with van der Waals surface area (Å²) in [6.45, 7) is 1.77. The summed E-state index contributed by atoms with van der Waals surface area (Å²) in [4.78, 5) is 10.5. The summed E-state index contributed by atoms with van der Waals surface area (Å²) in [5.41, 5.74) is 0.382. The molecule has 0 amide bonds. The fourth-order valence-corrected chi connectivity index (χ4v) is 2.14. The highest BCUT2D eigenvalue weighted by atomic mass is 16.6. The van der Waals surface area contributed by atoms with Gasteiger partial charge >= 0.3 is 5.69 Å². The SMILES string of the molecule is N#Cc1cccc(NC2CCCNC2)c1[N+](=O)[O-]. The topological polar surface area (TPSA) is 91.0 Å². The molecule has 1 unspecified atom stereocenters. The third-order valence-corrected chi connectivity index (χ3v) is 3.00. The van der Waals surface area contributed by atoms with Gasteiger partial charge in [0.25, 0.3) is 0 Å². The van der Waals surface area contributed by atoms with Crippen molar-refractivity contribution >= 4 is 11.4 Å². The largest absolute Gasteiger partial charge is 0.375 e. The lowest BCUT2D eigenvalue weighted by Crippen LogP contribution is -2.38. The van der Waals surface area contributed by atoms with E-state index in [9.17, 15) is 10.1 Å². The van der Waals surface area contributed by atoms with E-state index in [0.717, 1.165) is 25.9 Å². The van der Waals surface area contributed by atoms with Crippen LogP contribution in [0.5, 0.6) is 0 Å². The number of rotatable bonds is 3. The molecule has 1 saturated heterocycles. The van der Waals surface area contributed by atoms with Crippen LogP contribution in [0, 0.1) is 21.4 Å². The fourth-order valence-electron chi connectivity index (χ4n) is 2.14. The van der Waals surface area contributed by atoms with E-state index in [1.54, 1.807) is 12.1 Å². The van der Waals surface area contributed by atoms with Crippen molar-refractivity contribution < 1.29 is 4.92 Å². The zero-order valence-electron chi connectivity index (χ0n) is 9.85. The Morgan fingerprint density at radius 2 is 2.39 bits per heavy atom. The van der Waals surface area contributed by atoms with Crippen molar-refractivity contribution in [2.75, 3.05) is 18.4 Å². The third-order valence-electron chi connectivity index (χ3n) is 3.00. The number of nitriles is 1. The standard InChI is InChI=1S/C12H14N4O2/c13-7-9-3-1-5-11(12(9)16(17)18)15-10-4-2-6-14-8-10/h1,3,5,10,14-15H,2,4,6,8H2. The van der Waals surface area contributed by atoms with Gasteiger partial charge in [-0.2, -0.15) is 5.26 Å². The molecule has 0 saturated carbocycles. The van der Waals surface area contributed by atoms with Gasteiger partial charge in [0.05, 0.1) is 4.92 Å². The Labute approximate surface area is 105 Å². The molecule has 0 spiro atoms. The van der Waals surface area contributed by atoms with Crippen molar-refractivity contribution in [1.82, 2.24) is 5.32 Å². The van der Waals surface area contributed by atoms with Gasteiger partial charge in [0, 0.05) is 12.6 Å². The fraction of sp³-hybridized carbons (Fsp3) is 0.417. The van der Waals surface area contributed by atoms with Crippen molar-refractivity contribution in [2.45, 2.75) is 18.9 Å². The minimum Gasteiger partial charge on any atom is -0.375 e. The minimum atomic E-state index is -0.503. The number of piperidine rings is 1. The van der Waals surface area contributed by atoms with E-state index in [1.807, 2.05) is 6.07 Å². The lowest BCUT2D eigenvalue weighted by atomic mass is 10.1. The molecule has 2 N–H and O–H groups in total. The predicted octanol–water partition coefficient (Wildman–Crippen LogP) is 1.63. The Morgan fingerprint density at radius 3 is 3.00 bits per heavy atom. The van der Waals surface area contributed by atoms with E-state index in [0.29, 0.717) is 5.69 Å². The van der Waals surface area contributed by atoms with E-state index in [2.05, 4.69) is 10.6 Å².